The zero-order valence-corrected chi connectivity index (χ0v) is 24.7. The van der Waals surface area contributed by atoms with E-state index in [0.717, 1.165) is 34.1 Å². The molecule has 0 atom stereocenters. The maximum atomic E-state index is 5.83. The van der Waals surface area contributed by atoms with Gasteiger partial charge in [0, 0.05) is 34.1 Å². The molecule has 0 bridgehead atoms. The second-order valence-electron chi connectivity index (χ2n) is 10.2. The third kappa shape index (κ3) is 6.51. The SMILES string of the molecule is c1ccc(N(c2ccccc2)c2ccc(Oc3nnc(Oc4ccc(N(c5ccccc5)c5ccccc5)cc4)nn3)cc2)cc1. The number of hydrogen-bond donors (Lipinski definition) is 0. The number of anilines is 6. The molecular weight excluding hydrogens is 572 g/mol. The minimum atomic E-state index is 0.0137. The molecule has 0 fully saturated rings. The van der Waals surface area contributed by atoms with Crippen LogP contribution in [-0.2, 0) is 0 Å². The van der Waals surface area contributed by atoms with Crippen LogP contribution in [0.3, 0.4) is 0 Å². The van der Waals surface area contributed by atoms with Crippen LogP contribution in [0.4, 0.5) is 34.1 Å². The summed E-state index contributed by atoms with van der Waals surface area (Å²) in [5, 5.41) is 16.2. The van der Waals surface area contributed by atoms with Gasteiger partial charge in [0.25, 0.3) is 0 Å². The van der Waals surface area contributed by atoms with Crippen molar-refractivity contribution in [3.05, 3.63) is 170 Å². The average Bonchev–Trinajstić information content (AvgIpc) is 3.13. The molecule has 46 heavy (non-hydrogen) atoms. The van der Waals surface area contributed by atoms with Gasteiger partial charge >= 0.3 is 12.0 Å². The van der Waals surface area contributed by atoms with Crippen molar-refractivity contribution in [3.63, 3.8) is 0 Å². The van der Waals surface area contributed by atoms with Gasteiger partial charge in [0.2, 0.25) is 0 Å². The standard InChI is InChI=1S/C38H28N6O2/c1-5-13-29(14-6-1)43(30-15-7-2-8-16-30)33-21-25-35(26-22-33)45-37-39-41-38(42-40-37)46-36-27-23-34(24-28-36)44(31-17-9-3-10-18-31)32-19-11-4-12-20-32/h1-28H. The summed E-state index contributed by atoms with van der Waals surface area (Å²) in [5.74, 6) is 1.11. The van der Waals surface area contributed by atoms with Crippen molar-refractivity contribution in [2.24, 2.45) is 0 Å². The molecule has 1 heterocycles. The van der Waals surface area contributed by atoms with E-state index in [4.69, 9.17) is 9.47 Å². The molecule has 0 amide bonds. The monoisotopic (exact) mass is 600 g/mol. The molecule has 0 radical (unpaired) electrons. The fourth-order valence-electron chi connectivity index (χ4n) is 5.03. The topological polar surface area (TPSA) is 76.5 Å². The molecule has 6 aromatic carbocycles. The highest BCUT2D eigenvalue weighted by molar-refractivity contribution is 5.77. The van der Waals surface area contributed by atoms with Crippen molar-refractivity contribution in [3.8, 4) is 23.5 Å². The van der Waals surface area contributed by atoms with Crippen LogP contribution in [0.1, 0.15) is 0 Å². The summed E-state index contributed by atoms with van der Waals surface area (Å²) >= 11 is 0. The van der Waals surface area contributed by atoms with Crippen molar-refractivity contribution in [2.75, 3.05) is 9.80 Å². The maximum Gasteiger partial charge on any atom is 0.360 e. The maximum absolute atomic E-state index is 5.83. The van der Waals surface area contributed by atoms with Crippen LogP contribution in [0.15, 0.2) is 170 Å². The zero-order valence-electron chi connectivity index (χ0n) is 24.7. The van der Waals surface area contributed by atoms with Gasteiger partial charge < -0.3 is 19.3 Å². The predicted molar refractivity (Wildman–Crippen MR) is 180 cm³/mol. The summed E-state index contributed by atoms with van der Waals surface area (Å²) < 4.78 is 11.7. The summed E-state index contributed by atoms with van der Waals surface area (Å²) in [4.78, 5) is 4.34. The Bertz CT molecular complexity index is 1730. The molecule has 1 aromatic heterocycles. The second-order valence-corrected chi connectivity index (χ2v) is 10.2. The van der Waals surface area contributed by atoms with E-state index in [1.54, 1.807) is 0 Å². The van der Waals surface area contributed by atoms with E-state index in [1.807, 2.05) is 121 Å². The minimum Gasteiger partial charge on any atom is -0.422 e. The van der Waals surface area contributed by atoms with Gasteiger partial charge in [-0.2, -0.15) is 0 Å². The van der Waals surface area contributed by atoms with E-state index in [2.05, 4.69) is 78.7 Å². The highest BCUT2D eigenvalue weighted by Crippen LogP contribution is 2.36. The van der Waals surface area contributed by atoms with Gasteiger partial charge in [-0.1, -0.05) is 93.2 Å². The third-order valence-corrected chi connectivity index (χ3v) is 7.11. The number of aromatic nitrogens is 4. The van der Waals surface area contributed by atoms with Gasteiger partial charge in [0.15, 0.2) is 0 Å². The lowest BCUT2D eigenvalue weighted by Gasteiger charge is -2.25. The van der Waals surface area contributed by atoms with Gasteiger partial charge in [-0.3, -0.25) is 0 Å². The number of benzene rings is 6. The Labute approximate surface area is 266 Å². The van der Waals surface area contributed by atoms with Gasteiger partial charge in [-0.15, -0.1) is 0 Å². The van der Waals surface area contributed by atoms with E-state index in [0.29, 0.717) is 11.5 Å². The van der Waals surface area contributed by atoms with E-state index < -0.39 is 0 Å². The molecule has 0 spiro atoms. The van der Waals surface area contributed by atoms with E-state index in [-0.39, 0.29) is 12.0 Å². The van der Waals surface area contributed by atoms with Crippen LogP contribution in [0, 0.1) is 0 Å². The van der Waals surface area contributed by atoms with Gasteiger partial charge in [-0.25, -0.2) is 0 Å². The van der Waals surface area contributed by atoms with Crippen molar-refractivity contribution in [1.29, 1.82) is 0 Å². The molecule has 8 nitrogen and oxygen atoms in total. The Morgan fingerprint density at radius 3 is 0.783 bits per heavy atom. The molecule has 7 rings (SSSR count). The Balaban J connectivity index is 1.03. The molecule has 8 heteroatoms. The summed E-state index contributed by atoms with van der Waals surface area (Å²) in [5.41, 5.74) is 6.16. The van der Waals surface area contributed by atoms with Crippen molar-refractivity contribution >= 4 is 34.1 Å². The van der Waals surface area contributed by atoms with Crippen LogP contribution in [-0.4, -0.2) is 20.4 Å². The summed E-state index contributed by atoms with van der Waals surface area (Å²) in [6.45, 7) is 0. The fraction of sp³-hybridized carbons (Fsp3) is 0. The highest BCUT2D eigenvalue weighted by atomic mass is 16.5. The number of para-hydroxylation sites is 4. The first-order chi connectivity index (χ1) is 22.8. The number of nitrogens with zero attached hydrogens (tertiary/aromatic N) is 6. The molecule has 7 aromatic rings. The molecule has 0 unspecified atom stereocenters. The molecule has 0 saturated carbocycles. The Morgan fingerprint density at radius 1 is 0.283 bits per heavy atom. The van der Waals surface area contributed by atoms with E-state index in [1.165, 1.54) is 0 Å². The molecule has 0 aliphatic rings. The molecule has 0 saturated heterocycles. The smallest absolute Gasteiger partial charge is 0.360 e. The van der Waals surface area contributed by atoms with E-state index in [9.17, 15) is 0 Å². The first-order valence-corrected chi connectivity index (χ1v) is 14.7. The molecule has 0 aliphatic carbocycles. The number of ether oxygens (including phenoxy) is 2. The second kappa shape index (κ2) is 13.4. The quantitative estimate of drug-likeness (QED) is 0.154. The number of hydrogen-bond acceptors (Lipinski definition) is 8. The Kier molecular flexibility index (Phi) is 8.23. The summed E-state index contributed by atoms with van der Waals surface area (Å²) in [6, 6.07) is 56.2. The number of rotatable bonds is 10. The van der Waals surface area contributed by atoms with Gasteiger partial charge in [0.1, 0.15) is 11.5 Å². The van der Waals surface area contributed by atoms with Crippen LogP contribution in [0.2, 0.25) is 0 Å². The predicted octanol–water partition coefficient (Wildman–Crippen LogP) is 9.79. The van der Waals surface area contributed by atoms with E-state index >= 15 is 0 Å². The van der Waals surface area contributed by atoms with Crippen molar-refractivity contribution < 1.29 is 9.47 Å². The molecule has 222 valence electrons. The first kappa shape index (κ1) is 28.2. The lowest BCUT2D eigenvalue weighted by atomic mass is 10.2. The zero-order chi connectivity index (χ0) is 31.0. The lowest BCUT2D eigenvalue weighted by Crippen LogP contribution is -2.09. The van der Waals surface area contributed by atoms with Crippen LogP contribution in [0.5, 0.6) is 23.5 Å². The highest BCUT2D eigenvalue weighted by Gasteiger charge is 2.14. The third-order valence-electron chi connectivity index (χ3n) is 7.11. The van der Waals surface area contributed by atoms with Crippen LogP contribution >= 0.6 is 0 Å². The Morgan fingerprint density at radius 2 is 0.522 bits per heavy atom. The fourth-order valence-corrected chi connectivity index (χ4v) is 5.03. The summed E-state index contributed by atoms with van der Waals surface area (Å²) in [6.07, 6.45) is 0. The van der Waals surface area contributed by atoms with Crippen molar-refractivity contribution in [2.45, 2.75) is 0 Å². The largest absolute Gasteiger partial charge is 0.422 e. The average molecular weight is 601 g/mol. The van der Waals surface area contributed by atoms with Crippen molar-refractivity contribution in [1.82, 2.24) is 20.4 Å². The molecular formula is C38H28N6O2. The minimum absolute atomic E-state index is 0.0137. The lowest BCUT2D eigenvalue weighted by molar-refractivity contribution is 0.381. The Hall–Kier alpha value is -6.54. The van der Waals surface area contributed by atoms with Gasteiger partial charge in [0.05, 0.1) is 0 Å². The van der Waals surface area contributed by atoms with Gasteiger partial charge in [-0.05, 0) is 97.1 Å². The molecule has 0 aliphatic heterocycles. The molecule has 0 N–H and O–H groups in total. The summed E-state index contributed by atoms with van der Waals surface area (Å²) in [7, 11) is 0. The van der Waals surface area contributed by atoms with Crippen LogP contribution in [0.25, 0.3) is 0 Å². The normalized spacial score (nSPS) is 10.6. The first-order valence-electron chi connectivity index (χ1n) is 14.7. The van der Waals surface area contributed by atoms with Crippen LogP contribution < -0.4 is 19.3 Å².